The van der Waals surface area contributed by atoms with E-state index in [0.717, 1.165) is 11.1 Å². The van der Waals surface area contributed by atoms with Crippen LogP contribution < -0.4 is 5.56 Å². The predicted molar refractivity (Wildman–Crippen MR) is 105 cm³/mol. The second-order valence-electron chi connectivity index (χ2n) is 8.22. The molecular formula is C22H21F2N3O2. The average Bonchev–Trinajstić information content (AvgIpc) is 3.02. The van der Waals surface area contributed by atoms with Crippen LogP contribution in [0.5, 0.6) is 0 Å². The van der Waals surface area contributed by atoms with Gasteiger partial charge in [-0.25, -0.2) is 8.78 Å². The van der Waals surface area contributed by atoms with E-state index in [1.807, 2.05) is 26.0 Å². The van der Waals surface area contributed by atoms with Crippen LogP contribution in [0.1, 0.15) is 33.5 Å². The maximum Gasteiger partial charge on any atom is 0.263 e. The number of likely N-dealkylation sites (tertiary alicyclic amines) is 1. The summed E-state index contributed by atoms with van der Waals surface area (Å²) in [7, 11) is 0. The van der Waals surface area contributed by atoms with Crippen LogP contribution >= 0.6 is 0 Å². The molecule has 0 radical (unpaired) electrons. The highest BCUT2D eigenvalue weighted by Gasteiger charge is 2.82. The number of fused-ring (bicyclic) bond motifs is 2. The highest BCUT2D eigenvalue weighted by molar-refractivity contribution is 6.07. The summed E-state index contributed by atoms with van der Waals surface area (Å²) in [5, 5.41) is 0.285. The van der Waals surface area contributed by atoms with E-state index < -0.39 is 17.3 Å². The van der Waals surface area contributed by atoms with Crippen molar-refractivity contribution in [1.82, 2.24) is 14.9 Å². The molecule has 1 amide bonds. The van der Waals surface area contributed by atoms with E-state index in [-0.39, 0.29) is 41.9 Å². The van der Waals surface area contributed by atoms with Crippen molar-refractivity contribution in [2.24, 2.45) is 5.92 Å². The fourth-order valence-corrected chi connectivity index (χ4v) is 5.15. The Kier molecular flexibility index (Phi) is 3.61. The van der Waals surface area contributed by atoms with Crippen LogP contribution in [0, 0.1) is 19.8 Å². The minimum absolute atomic E-state index is 0.0173. The Morgan fingerprint density at radius 3 is 2.62 bits per heavy atom. The zero-order chi connectivity index (χ0) is 20.6. The first-order valence-electron chi connectivity index (χ1n) is 9.71. The number of aromatic amines is 2. The van der Waals surface area contributed by atoms with Gasteiger partial charge in [0, 0.05) is 25.5 Å². The number of aromatic nitrogens is 2. The second kappa shape index (κ2) is 5.78. The van der Waals surface area contributed by atoms with Crippen molar-refractivity contribution < 1.29 is 13.6 Å². The number of nitrogens with zero attached hydrogens (tertiary/aromatic N) is 1. The number of amides is 1. The number of carbonyl (C=O) groups excluding carboxylic acids is 1. The molecular weight excluding hydrogens is 376 g/mol. The zero-order valence-corrected chi connectivity index (χ0v) is 16.2. The van der Waals surface area contributed by atoms with Gasteiger partial charge in [-0.2, -0.15) is 0 Å². The number of piperidine rings is 1. The van der Waals surface area contributed by atoms with Crippen LogP contribution in [0.4, 0.5) is 8.78 Å². The molecule has 3 heterocycles. The Balaban J connectivity index is 1.48. The molecule has 2 aliphatic rings. The monoisotopic (exact) mass is 397 g/mol. The number of pyridine rings is 1. The first-order chi connectivity index (χ1) is 13.8. The minimum Gasteiger partial charge on any atom is -0.360 e. The third-order valence-electron chi connectivity index (χ3n) is 6.79. The first kappa shape index (κ1) is 18.1. The molecule has 7 heteroatoms. The van der Waals surface area contributed by atoms with Gasteiger partial charge in [-0.1, -0.05) is 24.3 Å². The molecule has 1 saturated carbocycles. The van der Waals surface area contributed by atoms with E-state index >= 15 is 0 Å². The normalized spacial score (nSPS) is 25.1. The van der Waals surface area contributed by atoms with E-state index in [9.17, 15) is 18.4 Å². The summed E-state index contributed by atoms with van der Waals surface area (Å²) >= 11 is 0. The van der Waals surface area contributed by atoms with Gasteiger partial charge < -0.3 is 14.9 Å². The van der Waals surface area contributed by atoms with Crippen molar-refractivity contribution >= 4 is 16.8 Å². The molecule has 150 valence electrons. The number of benzene rings is 1. The van der Waals surface area contributed by atoms with E-state index in [2.05, 4.69) is 9.97 Å². The molecule has 1 aromatic carbocycles. The number of nitrogens with one attached hydrogen (secondary N) is 2. The number of aryl methyl sites for hydroxylation is 2. The van der Waals surface area contributed by atoms with Crippen LogP contribution in [0.15, 0.2) is 41.5 Å². The second-order valence-corrected chi connectivity index (χ2v) is 8.22. The molecule has 1 aliphatic heterocycles. The van der Waals surface area contributed by atoms with Gasteiger partial charge in [-0.3, -0.25) is 9.59 Å². The standard InChI is InChI=1S/C22H21F2N3O2/c1-12-5-3-4-6-15(12)21-7-8-27(11-16(21)22(21,23)24)20(29)14-10-25-18-13(2)9-26-19(28)17(14)18/h3-6,9-10,16,25H,7-8,11H2,1-2H3,(H,26,28). The van der Waals surface area contributed by atoms with Gasteiger partial charge in [-0.05, 0) is 37.0 Å². The molecule has 2 atom stereocenters. The van der Waals surface area contributed by atoms with Gasteiger partial charge in [-0.15, -0.1) is 0 Å². The highest BCUT2D eigenvalue weighted by Crippen LogP contribution is 2.70. The van der Waals surface area contributed by atoms with Crippen molar-refractivity contribution in [3.63, 3.8) is 0 Å². The van der Waals surface area contributed by atoms with E-state index in [0.29, 0.717) is 11.1 Å². The Hall–Kier alpha value is -2.96. The van der Waals surface area contributed by atoms with Crippen LogP contribution in [-0.2, 0) is 5.41 Å². The summed E-state index contributed by atoms with van der Waals surface area (Å²) in [6.45, 7) is 3.89. The summed E-state index contributed by atoms with van der Waals surface area (Å²) < 4.78 is 29.9. The SMILES string of the molecule is Cc1ccccc1C12CCN(C(=O)c3c[nH]c4c(C)c[nH]c(=O)c34)CC1C2(F)F. The van der Waals surface area contributed by atoms with E-state index in [1.54, 1.807) is 18.3 Å². The molecule has 2 N–H and O–H groups in total. The molecule has 2 unspecified atom stereocenters. The lowest BCUT2D eigenvalue weighted by atomic mass is 9.84. The number of alkyl halides is 2. The van der Waals surface area contributed by atoms with Gasteiger partial charge in [0.25, 0.3) is 17.4 Å². The third-order valence-corrected chi connectivity index (χ3v) is 6.79. The number of rotatable bonds is 2. The van der Waals surface area contributed by atoms with Crippen LogP contribution in [0.2, 0.25) is 0 Å². The van der Waals surface area contributed by atoms with E-state index in [1.165, 1.54) is 11.1 Å². The van der Waals surface area contributed by atoms with Crippen molar-refractivity contribution in [2.75, 3.05) is 13.1 Å². The summed E-state index contributed by atoms with van der Waals surface area (Å²) in [5.41, 5.74) is 1.62. The van der Waals surface area contributed by atoms with Crippen molar-refractivity contribution in [3.8, 4) is 0 Å². The summed E-state index contributed by atoms with van der Waals surface area (Å²) in [6, 6.07) is 7.27. The third kappa shape index (κ3) is 2.24. The molecule has 0 spiro atoms. The molecule has 2 fully saturated rings. The van der Waals surface area contributed by atoms with Crippen molar-refractivity contribution in [1.29, 1.82) is 0 Å². The van der Waals surface area contributed by atoms with Gasteiger partial charge in [0.15, 0.2) is 0 Å². The molecule has 0 bridgehead atoms. The summed E-state index contributed by atoms with van der Waals surface area (Å²) in [5.74, 6) is -4.13. The van der Waals surface area contributed by atoms with Crippen molar-refractivity contribution in [2.45, 2.75) is 31.6 Å². The maximum absolute atomic E-state index is 15.0. The summed E-state index contributed by atoms with van der Waals surface area (Å²) in [6.07, 6.45) is 3.29. The van der Waals surface area contributed by atoms with Crippen LogP contribution in [0.3, 0.4) is 0 Å². The number of carbonyl (C=O) groups is 1. The minimum atomic E-state index is -2.84. The Morgan fingerprint density at radius 1 is 1.14 bits per heavy atom. The van der Waals surface area contributed by atoms with Crippen LogP contribution in [0.25, 0.3) is 10.9 Å². The predicted octanol–water partition coefficient (Wildman–Crippen LogP) is 3.52. The molecule has 1 saturated heterocycles. The molecule has 5 rings (SSSR count). The number of H-pyrrole nitrogens is 2. The van der Waals surface area contributed by atoms with Crippen LogP contribution in [-0.4, -0.2) is 39.8 Å². The molecule has 2 aromatic heterocycles. The maximum atomic E-state index is 15.0. The smallest absolute Gasteiger partial charge is 0.263 e. The highest BCUT2D eigenvalue weighted by atomic mass is 19.3. The van der Waals surface area contributed by atoms with Gasteiger partial charge >= 0.3 is 0 Å². The first-order valence-corrected chi connectivity index (χ1v) is 9.71. The topological polar surface area (TPSA) is 69.0 Å². The molecule has 3 aromatic rings. The number of hydrogen-bond acceptors (Lipinski definition) is 2. The van der Waals surface area contributed by atoms with Gasteiger partial charge in [0.2, 0.25) is 0 Å². The van der Waals surface area contributed by atoms with Crippen molar-refractivity contribution in [3.05, 3.63) is 69.3 Å². The Labute approximate surface area is 165 Å². The summed E-state index contributed by atoms with van der Waals surface area (Å²) in [4.78, 5) is 32.5. The molecule has 5 nitrogen and oxygen atoms in total. The largest absolute Gasteiger partial charge is 0.360 e. The Morgan fingerprint density at radius 2 is 1.90 bits per heavy atom. The number of halogens is 2. The van der Waals surface area contributed by atoms with Gasteiger partial charge in [0.05, 0.1) is 27.8 Å². The quantitative estimate of drug-likeness (QED) is 0.695. The molecule has 29 heavy (non-hydrogen) atoms. The van der Waals surface area contributed by atoms with E-state index in [4.69, 9.17) is 0 Å². The lowest BCUT2D eigenvalue weighted by molar-refractivity contribution is 0.0691. The zero-order valence-electron chi connectivity index (χ0n) is 16.2. The van der Waals surface area contributed by atoms with Gasteiger partial charge in [0.1, 0.15) is 0 Å². The average molecular weight is 397 g/mol. The fourth-order valence-electron chi connectivity index (χ4n) is 5.15. The number of hydrogen-bond donors (Lipinski definition) is 2. The Bertz CT molecular complexity index is 1210. The lowest BCUT2D eigenvalue weighted by Crippen LogP contribution is -2.40. The molecule has 1 aliphatic carbocycles. The lowest BCUT2D eigenvalue weighted by Gasteiger charge is -2.31. The fraction of sp³-hybridized carbons (Fsp3) is 0.364.